The van der Waals surface area contributed by atoms with E-state index in [0.717, 1.165) is 16.8 Å². The second-order valence-corrected chi connectivity index (χ2v) is 5.76. The zero-order valence-corrected chi connectivity index (χ0v) is 14.1. The average Bonchev–Trinajstić information content (AvgIpc) is 3.11. The summed E-state index contributed by atoms with van der Waals surface area (Å²) >= 11 is 0. The van der Waals surface area contributed by atoms with Gasteiger partial charge in [0.25, 0.3) is 0 Å². The van der Waals surface area contributed by atoms with Crippen molar-refractivity contribution in [2.24, 2.45) is 7.05 Å². The molecule has 0 atom stereocenters. The Labute approximate surface area is 143 Å². The highest BCUT2D eigenvalue weighted by Crippen LogP contribution is 2.28. The molecule has 0 aliphatic rings. The van der Waals surface area contributed by atoms with Crippen molar-refractivity contribution in [1.29, 1.82) is 0 Å². The Morgan fingerprint density at radius 3 is 2.64 bits per heavy atom. The molecule has 0 fully saturated rings. The van der Waals surface area contributed by atoms with Crippen LogP contribution in [0.2, 0.25) is 0 Å². The molecule has 0 amide bonds. The van der Waals surface area contributed by atoms with Crippen molar-refractivity contribution < 1.29 is 9.53 Å². The van der Waals surface area contributed by atoms with Crippen LogP contribution in [0.5, 0.6) is 0 Å². The molecule has 4 rings (SSSR count). The lowest BCUT2D eigenvalue weighted by molar-refractivity contribution is -0.139. The lowest BCUT2D eigenvalue weighted by atomic mass is 10.1. The monoisotopic (exact) mass is 336 g/mol. The number of carbonyl (C=O) groups excluding carboxylic acids is 1. The fourth-order valence-electron chi connectivity index (χ4n) is 3.02. The lowest BCUT2D eigenvalue weighted by Gasteiger charge is -2.00. The Bertz CT molecular complexity index is 1100. The van der Waals surface area contributed by atoms with Gasteiger partial charge in [-0.25, -0.2) is 4.68 Å². The van der Waals surface area contributed by atoms with Crippen LogP contribution in [0, 0.1) is 6.92 Å². The molecule has 0 saturated heterocycles. The van der Waals surface area contributed by atoms with E-state index in [4.69, 9.17) is 4.74 Å². The van der Waals surface area contributed by atoms with E-state index in [9.17, 15) is 4.79 Å². The number of methoxy groups -OCH3 is 1. The van der Waals surface area contributed by atoms with Gasteiger partial charge < -0.3 is 4.74 Å². The van der Waals surface area contributed by atoms with Crippen LogP contribution in [0.1, 0.15) is 11.4 Å². The topological polar surface area (TPSA) is 87.2 Å². The Balaban J connectivity index is 1.98. The van der Waals surface area contributed by atoms with E-state index >= 15 is 0 Å². The van der Waals surface area contributed by atoms with Crippen molar-refractivity contribution in [3.63, 3.8) is 0 Å². The number of rotatable bonds is 3. The molecule has 0 aliphatic heterocycles. The molecule has 3 heterocycles. The van der Waals surface area contributed by atoms with Crippen molar-refractivity contribution in [2.75, 3.05) is 7.11 Å². The van der Waals surface area contributed by atoms with Crippen LogP contribution in [-0.2, 0) is 23.0 Å². The number of nitrogens with zero attached hydrogens (tertiary/aromatic N) is 6. The summed E-state index contributed by atoms with van der Waals surface area (Å²) in [5.41, 5.74) is 5.23. The Hall–Kier alpha value is -3.29. The molecule has 0 radical (unpaired) electrons. The molecule has 126 valence electrons. The maximum absolute atomic E-state index is 11.6. The summed E-state index contributed by atoms with van der Waals surface area (Å²) in [5.74, 6) is -0.372. The van der Waals surface area contributed by atoms with E-state index in [1.54, 1.807) is 16.2 Å². The Morgan fingerprint density at radius 1 is 1.16 bits per heavy atom. The smallest absolute Gasteiger partial charge is 0.311 e. The van der Waals surface area contributed by atoms with E-state index in [0.29, 0.717) is 22.5 Å². The molecule has 4 aromatic rings. The highest BCUT2D eigenvalue weighted by molar-refractivity contribution is 5.86. The zero-order valence-electron chi connectivity index (χ0n) is 14.1. The van der Waals surface area contributed by atoms with Crippen LogP contribution >= 0.6 is 0 Å². The molecule has 25 heavy (non-hydrogen) atoms. The summed E-state index contributed by atoms with van der Waals surface area (Å²) in [6, 6.07) is 9.95. The molecule has 0 saturated carbocycles. The maximum Gasteiger partial charge on any atom is 0.311 e. The first-order valence-corrected chi connectivity index (χ1v) is 7.80. The molecule has 1 aromatic carbocycles. The van der Waals surface area contributed by atoms with Gasteiger partial charge in [-0.2, -0.15) is 14.7 Å². The quantitative estimate of drug-likeness (QED) is 0.529. The summed E-state index contributed by atoms with van der Waals surface area (Å²) < 4.78 is 8.12. The number of esters is 1. The summed E-state index contributed by atoms with van der Waals surface area (Å²) in [4.78, 5) is 11.6. The number of ether oxygens (including phenoxy) is 1. The second kappa shape index (κ2) is 5.66. The van der Waals surface area contributed by atoms with Gasteiger partial charge in [-0.3, -0.25) is 4.79 Å². The minimum absolute atomic E-state index is 0.0415. The van der Waals surface area contributed by atoms with E-state index in [-0.39, 0.29) is 12.4 Å². The van der Waals surface area contributed by atoms with Gasteiger partial charge in [-0.15, -0.1) is 10.2 Å². The number of carbonyl (C=O) groups is 1. The van der Waals surface area contributed by atoms with Crippen LogP contribution in [-0.4, -0.2) is 42.7 Å². The van der Waals surface area contributed by atoms with Crippen molar-refractivity contribution in [3.05, 3.63) is 41.7 Å². The van der Waals surface area contributed by atoms with Crippen molar-refractivity contribution >= 4 is 22.8 Å². The van der Waals surface area contributed by atoms with Gasteiger partial charge >= 0.3 is 5.97 Å². The van der Waals surface area contributed by atoms with Gasteiger partial charge in [0.05, 0.1) is 24.8 Å². The van der Waals surface area contributed by atoms with E-state index in [1.165, 1.54) is 7.11 Å². The molecule has 0 spiro atoms. The number of benzene rings is 1. The Kier molecular flexibility index (Phi) is 3.45. The minimum atomic E-state index is -0.372. The highest BCUT2D eigenvalue weighted by Gasteiger charge is 2.21. The highest BCUT2D eigenvalue weighted by atomic mass is 16.5. The van der Waals surface area contributed by atoms with Crippen LogP contribution < -0.4 is 0 Å². The normalized spacial score (nSPS) is 11.3. The third kappa shape index (κ3) is 2.34. The van der Waals surface area contributed by atoms with Gasteiger partial charge in [-0.05, 0) is 12.5 Å². The summed E-state index contributed by atoms with van der Waals surface area (Å²) in [7, 11) is 3.14. The number of aryl methyl sites for hydroxylation is 2. The lowest BCUT2D eigenvalue weighted by Crippen LogP contribution is -2.06. The molecule has 3 aromatic heterocycles. The van der Waals surface area contributed by atoms with E-state index in [1.807, 2.05) is 37.3 Å². The SMILES string of the molecule is COC(=O)Cc1nn(C)c2c1nnc1c(-c3ccccc3)c(C)nn12. The van der Waals surface area contributed by atoms with Gasteiger partial charge in [0.15, 0.2) is 16.8 Å². The van der Waals surface area contributed by atoms with Crippen LogP contribution in [0.3, 0.4) is 0 Å². The molecule has 0 unspecified atom stereocenters. The van der Waals surface area contributed by atoms with Crippen molar-refractivity contribution in [2.45, 2.75) is 13.3 Å². The van der Waals surface area contributed by atoms with Gasteiger partial charge in [0.1, 0.15) is 5.69 Å². The third-order valence-corrected chi connectivity index (χ3v) is 4.15. The first kappa shape index (κ1) is 15.3. The van der Waals surface area contributed by atoms with E-state index < -0.39 is 0 Å². The maximum atomic E-state index is 11.6. The molecular weight excluding hydrogens is 320 g/mol. The van der Waals surface area contributed by atoms with E-state index in [2.05, 4.69) is 20.4 Å². The molecular formula is C17H16N6O2. The standard InChI is InChI=1S/C17H16N6O2/c1-10-14(11-7-5-4-6-8-11)16-19-18-15-12(9-13(24)25-3)21-22(2)17(15)23(16)20-10/h4-8H,9H2,1-3H3. The van der Waals surface area contributed by atoms with Gasteiger partial charge in [0.2, 0.25) is 0 Å². The predicted molar refractivity (Wildman–Crippen MR) is 90.9 cm³/mol. The molecule has 0 N–H and O–H groups in total. The number of aromatic nitrogens is 6. The number of hydrogen-bond donors (Lipinski definition) is 0. The fraction of sp³-hybridized carbons (Fsp3) is 0.235. The number of fused-ring (bicyclic) bond motifs is 3. The predicted octanol–water partition coefficient (Wildman–Crippen LogP) is 1.70. The van der Waals surface area contributed by atoms with Gasteiger partial charge in [0, 0.05) is 7.05 Å². The molecule has 8 heteroatoms. The first-order chi connectivity index (χ1) is 12.1. The largest absolute Gasteiger partial charge is 0.469 e. The van der Waals surface area contributed by atoms with Crippen LogP contribution in [0.4, 0.5) is 0 Å². The zero-order chi connectivity index (χ0) is 17.6. The average molecular weight is 336 g/mol. The minimum Gasteiger partial charge on any atom is -0.469 e. The van der Waals surface area contributed by atoms with Crippen molar-refractivity contribution in [1.82, 2.24) is 29.6 Å². The number of hydrogen-bond acceptors (Lipinski definition) is 6. The molecule has 0 bridgehead atoms. The fourth-order valence-corrected chi connectivity index (χ4v) is 3.02. The summed E-state index contributed by atoms with van der Waals surface area (Å²) in [5, 5.41) is 17.7. The first-order valence-electron chi connectivity index (χ1n) is 7.80. The van der Waals surface area contributed by atoms with Crippen molar-refractivity contribution in [3.8, 4) is 11.1 Å². The van der Waals surface area contributed by atoms with Gasteiger partial charge in [-0.1, -0.05) is 30.3 Å². The Morgan fingerprint density at radius 2 is 1.92 bits per heavy atom. The summed E-state index contributed by atoms with van der Waals surface area (Å²) in [6.07, 6.45) is 0.0415. The summed E-state index contributed by atoms with van der Waals surface area (Å²) in [6.45, 7) is 1.94. The molecule has 0 aliphatic carbocycles. The molecule has 8 nitrogen and oxygen atoms in total. The van der Waals surface area contributed by atoms with Crippen LogP contribution in [0.15, 0.2) is 30.3 Å². The van der Waals surface area contributed by atoms with Crippen LogP contribution in [0.25, 0.3) is 27.9 Å². The third-order valence-electron chi connectivity index (χ3n) is 4.15. The second-order valence-electron chi connectivity index (χ2n) is 5.76.